The molecular formula is C18H16FNO3S. The van der Waals surface area contributed by atoms with E-state index in [1.54, 1.807) is 31.4 Å². The Morgan fingerprint density at radius 1 is 1.12 bits per heavy atom. The van der Waals surface area contributed by atoms with Crippen LogP contribution in [0.5, 0.6) is 11.5 Å². The molecule has 0 fully saturated rings. The zero-order valence-electron chi connectivity index (χ0n) is 13.3. The first-order valence-electron chi connectivity index (χ1n) is 7.29. The molecule has 0 spiro atoms. The number of ether oxygens (including phenoxy) is 2. The number of methoxy groups -OCH3 is 2. The second-order valence-corrected chi connectivity index (χ2v) is 6.31. The summed E-state index contributed by atoms with van der Waals surface area (Å²) in [6, 6.07) is 11.6. The van der Waals surface area contributed by atoms with E-state index in [0.29, 0.717) is 23.6 Å². The van der Waals surface area contributed by atoms with E-state index in [2.05, 4.69) is 5.32 Å². The molecule has 0 aliphatic rings. The van der Waals surface area contributed by atoms with Crippen molar-refractivity contribution in [2.75, 3.05) is 14.2 Å². The van der Waals surface area contributed by atoms with Gasteiger partial charge in [0.25, 0.3) is 5.91 Å². The SMILES string of the molecule is COc1ccc(C(=O)NCc2cc3cc(F)ccc3s2)c(OC)c1. The van der Waals surface area contributed by atoms with Crippen molar-refractivity contribution in [3.05, 3.63) is 58.7 Å². The number of halogens is 1. The third-order valence-electron chi connectivity index (χ3n) is 3.61. The van der Waals surface area contributed by atoms with E-state index in [1.807, 2.05) is 6.07 Å². The highest BCUT2D eigenvalue weighted by molar-refractivity contribution is 7.19. The third-order valence-corrected chi connectivity index (χ3v) is 4.72. The molecule has 4 nitrogen and oxygen atoms in total. The van der Waals surface area contributed by atoms with Crippen LogP contribution >= 0.6 is 11.3 Å². The van der Waals surface area contributed by atoms with Crippen molar-refractivity contribution >= 4 is 27.3 Å². The molecule has 1 N–H and O–H groups in total. The molecule has 2 aromatic carbocycles. The maximum absolute atomic E-state index is 13.2. The Labute approximate surface area is 142 Å². The monoisotopic (exact) mass is 345 g/mol. The van der Waals surface area contributed by atoms with Crippen molar-refractivity contribution in [1.82, 2.24) is 5.32 Å². The Morgan fingerprint density at radius 3 is 2.71 bits per heavy atom. The Morgan fingerprint density at radius 2 is 1.96 bits per heavy atom. The molecule has 0 unspecified atom stereocenters. The number of hydrogen-bond donors (Lipinski definition) is 1. The predicted molar refractivity (Wildman–Crippen MR) is 92.5 cm³/mol. The predicted octanol–water partition coefficient (Wildman–Crippen LogP) is 3.99. The summed E-state index contributed by atoms with van der Waals surface area (Å²) in [5, 5.41) is 3.70. The zero-order chi connectivity index (χ0) is 17.1. The molecule has 3 aromatic rings. The fourth-order valence-electron chi connectivity index (χ4n) is 2.41. The van der Waals surface area contributed by atoms with E-state index in [0.717, 1.165) is 15.0 Å². The van der Waals surface area contributed by atoms with E-state index in [9.17, 15) is 9.18 Å². The van der Waals surface area contributed by atoms with Crippen LogP contribution in [0.25, 0.3) is 10.1 Å². The highest BCUT2D eigenvalue weighted by atomic mass is 32.1. The third kappa shape index (κ3) is 3.33. The molecule has 1 amide bonds. The number of thiophene rings is 1. The van der Waals surface area contributed by atoms with Gasteiger partial charge in [0.1, 0.15) is 17.3 Å². The van der Waals surface area contributed by atoms with Crippen molar-refractivity contribution in [3.63, 3.8) is 0 Å². The molecule has 6 heteroatoms. The van der Waals surface area contributed by atoms with Gasteiger partial charge < -0.3 is 14.8 Å². The second-order valence-electron chi connectivity index (χ2n) is 5.14. The topological polar surface area (TPSA) is 47.6 Å². The summed E-state index contributed by atoms with van der Waals surface area (Å²) in [5.74, 6) is 0.567. The fourth-order valence-corrected chi connectivity index (χ4v) is 3.39. The Bertz CT molecular complexity index is 891. The Balaban J connectivity index is 1.74. The molecule has 1 heterocycles. The van der Waals surface area contributed by atoms with Crippen LogP contribution in [-0.2, 0) is 6.54 Å². The van der Waals surface area contributed by atoms with E-state index in [4.69, 9.17) is 9.47 Å². The molecule has 1 aromatic heterocycles. The summed E-state index contributed by atoms with van der Waals surface area (Å²) in [6.45, 7) is 0.370. The molecule has 0 atom stereocenters. The largest absolute Gasteiger partial charge is 0.497 e. The summed E-state index contributed by atoms with van der Waals surface area (Å²) in [4.78, 5) is 13.3. The number of carbonyl (C=O) groups is 1. The average Bonchev–Trinajstić information content (AvgIpc) is 3.00. The molecule has 124 valence electrons. The minimum atomic E-state index is -0.265. The molecule has 0 saturated heterocycles. The Kier molecular flexibility index (Phi) is 4.66. The lowest BCUT2D eigenvalue weighted by atomic mass is 10.1. The van der Waals surface area contributed by atoms with E-state index < -0.39 is 0 Å². The lowest BCUT2D eigenvalue weighted by molar-refractivity contribution is 0.0948. The fraction of sp³-hybridized carbons (Fsp3) is 0.167. The van der Waals surface area contributed by atoms with Crippen LogP contribution in [0.4, 0.5) is 4.39 Å². The van der Waals surface area contributed by atoms with Crippen molar-refractivity contribution in [2.24, 2.45) is 0 Å². The maximum Gasteiger partial charge on any atom is 0.255 e. The van der Waals surface area contributed by atoms with Gasteiger partial charge in [-0.3, -0.25) is 4.79 Å². The average molecular weight is 345 g/mol. The summed E-state index contributed by atoms with van der Waals surface area (Å²) in [6.07, 6.45) is 0. The number of rotatable bonds is 5. The van der Waals surface area contributed by atoms with Gasteiger partial charge in [-0.1, -0.05) is 0 Å². The summed E-state index contributed by atoms with van der Waals surface area (Å²) >= 11 is 1.53. The molecule has 0 saturated carbocycles. The van der Waals surface area contributed by atoms with Crippen LogP contribution in [0.2, 0.25) is 0 Å². The summed E-state index contributed by atoms with van der Waals surface area (Å²) < 4.78 is 24.6. The smallest absolute Gasteiger partial charge is 0.255 e. The zero-order valence-corrected chi connectivity index (χ0v) is 14.1. The van der Waals surface area contributed by atoms with Gasteiger partial charge in [0.05, 0.1) is 26.3 Å². The van der Waals surface area contributed by atoms with E-state index in [1.165, 1.54) is 30.6 Å². The first-order valence-corrected chi connectivity index (χ1v) is 8.10. The lowest BCUT2D eigenvalue weighted by Gasteiger charge is -2.10. The maximum atomic E-state index is 13.2. The van der Waals surface area contributed by atoms with Crippen LogP contribution in [0.3, 0.4) is 0 Å². The minimum absolute atomic E-state index is 0.238. The standard InChI is InChI=1S/C18H16FNO3S/c1-22-13-4-5-15(16(9-13)23-2)18(21)20-10-14-8-11-7-12(19)3-6-17(11)24-14/h3-9H,10H2,1-2H3,(H,20,21). The second kappa shape index (κ2) is 6.88. The first-order chi connectivity index (χ1) is 11.6. The molecule has 0 bridgehead atoms. The van der Waals surface area contributed by atoms with Crippen LogP contribution in [0.15, 0.2) is 42.5 Å². The molecular weight excluding hydrogens is 329 g/mol. The van der Waals surface area contributed by atoms with Crippen molar-refractivity contribution in [1.29, 1.82) is 0 Å². The molecule has 0 aliphatic heterocycles. The van der Waals surface area contributed by atoms with Gasteiger partial charge in [-0.15, -0.1) is 11.3 Å². The van der Waals surface area contributed by atoms with Gasteiger partial charge >= 0.3 is 0 Å². The van der Waals surface area contributed by atoms with Crippen molar-refractivity contribution in [3.8, 4) is 11.5 Å². The number of fused-ring (bicyclic) bond motifs is 1. The number of benzene rings is 2. The van der Waals surface area contributed by atoms with Gasteiger partial charge in [0.15, 0.2) is 0 Å². The van der Waals surface area contributed by atoms with Gasteiger partial charge in [0.2, 0.25) is 0 Å². The normalized spacial score (nSPS) is 10.6. The first kappa shape index (κ1) is 16.3. The van der Waals surface area contributed by atoms with E-state index in [-0.39, 0.29) is 11.7 Å². The minimum Gasteiger partial charge on any atom is -0.497 e. The number of carbonyl (C=O) groups excluding carboxylic acids is 1. The quantitative estimate of drug-likeness (QED) is 0.761. The van der Waals surface area contributed by atoms with Gasteiger partial charge in [-0.25, -0.2) is 4.39 Å². The van der Waals surface area contributed by atoms with Gasteiger partial charge in [-0.05, 0) is 41.8 Å². The summed E-state index contributed by atoms with van der Waals surface area (Å²) in [7, 11) is 3.06. The highest BCUT2D eigenvalue weighted by Crippen LogP contribution is 2.27. The molecule has 24 heavy (non-hydrogen) atoms. The number of amides is 1. The highest BCUT2D eigenvalue weighted by Gasteiger charge is 2.13. The van der Waals surface area contributed by atoms with E-state index >= 15 is 0 Å². The molecule has 3 rings (SSSR count). The molecule has 0 aliphatic carbocycles. The van der Waals surface area contributed by atoms with Gasteiger partial charge in [0, 0.05) is 15.6 Å². The lowest BCUT2D eigenvalue weighted by Crippen LogP contribution is -2.22. The number of hydrogen-bond acceptors (Lipinski definition) is 4. The van der Waals surface area contributed by atoms with Crippen LogP contribution < -0.4 is 14.8 Å². The van der Waals surface area contributed by atoms with Gasteiger partial charge in [-0.2, -0.15) is 0 Å². The number of nitrogens with one attached hydrogen (secondary N) is 1. The van der Waals surface area contributed by atoms with Crippen molar-refractivity contribution < 1.29 is 18.7 Å². The molecule has 0 radical (unpaired) electrons. The van der Waals surface area contributed by atoms with Crippen LogP contribution in [-0.4, -0.2) is 20.1 Å². The van der Waals surface area contributed by atoms with Crippen LogP contribution in [0, 0.1) is 5.82 Å². The van der Waals surface area contributed by atoms with Crippen molar-refractivity contribution in [2.45, 2.75) is 6.54 Å². The summed E-state index contributed by atoms with van der Waals surface area (Å²) in [5.41, 5.74) is 0.436. The Hall–Kier alpha value is -2.60. The van der Waals surface area contributed by atoms with Crippen LogP contribution in [0.1, 0.15) is 15.2 Å².